The van der Waals surface area contributed by atoms with Crippen LogP contribution in [0.25, 0.3) is 0 Å². The van der Waals surface area contributed by atoms with Gasteiger partial charge < -0.3 is 26.8 Å². The molecule has 1 fully saturated rings. The second-order valence-electron chi connectivity index (χ2n) is 6.29. The summed E-state index contributed by atoms with van der Waals surface area (Å²) in [7, 11) is 1.55. The van der Waals surface area contributed by atoms with Gasteiger partial charge >= 0.3 is 0 Å². The molecule has 0 atom stereocenters. The minimum absolute atomic E-state index is 0.207. The standard InChI is InChI=1S/C17H23N7O2/c1-26-14-7-6-12(8-20-14)23-17-21-9-13(15(19)25)16(24-17)22-11-4-2-10(18)3-5-11/h6-11H,2-5,18H2,1H3,(H2,19,25)(H2,21,22,23,24). The maximum Gasteiger partial charge on any atom is 0.254 e. The Balaban J connectivity index is 1.77. The number of rotatable bonds is 6. The number of nitrogens with one attached hydrogen (secondary N) is 2. The highest BCUT2D eigenvalue weighted by Gasteiger charge is 2.21. The summed E-state index contributed by atoms with van der Waals surface area (Å²) < 4.78 is 5.03. The van der Waals surface area contributed by atoms with Crippen LogP contribution in [0, 0.1) is 0 Å². The zero-order valence-electron chi connectivity index (χ0n) is 14.6. The minimum Gasteiger partial charge on any atom is -0.481 e. The second-order valence-corrected chi connectivity index (χ2v) is 6.29. The second kappa shape index (κ2) is 7.96. The van der Waals surface area contributed by atoms with Gasteiger partial charge in [0.05, 0.1) is 24.6 Å². The quantitative estimate of drug-likeness (QED) is 0.608. The lowest BCUT2D eigenvalue weighted by Crippen LogP contribution is -2.33. The highest BCUT2D eigenvalue weighted by atomic mass is 16.5. The van der Waals surface area contributed by atoms with Gasteiger partial charge in [-0.2, -0.15) is 4.98 Å². The van der Waals surface area contributed by atoms with Crippen LogP contribution in [0.5, 0.6) is 5.88 Å². The van der Waals surface area contributed by atoms with E-state index in [0.29, 0.717) is 23.3 Å². The third-order valence-corrected chi connectivity index (χ3v) is 4.37. The van der Waals surface area contributed by atoms with Gasteiger partial charge in [0.2, 0.25) is 11.8 Å². The summed E-state index contributed by atoms with van der Waals surface area (Å²) in [6.07, 6.45) is 6.77. The van der Waals surface area contributed by atoms with Gasteiger partial charge in [0.15, 0.2) is 0 Å². The molecule has 138 valence electrons. The van der Waals surface area contributed by atoms with Crippen molar-refractivity contribution < 1.29 is 9.53 Å². The number of pyridine rings is 1. The number of aromatic nitrogens is 3. The van der Waals surface area contributed by atoms with Crippen molar-refractivity contribution in [3.8, 4) is 5.88 Å². The number of carbonyl (C=O) groups is 1. The summed E-state index contributed by atoms with van der Waals surface area (Å²) in [5, 5.41) is 6.37. The molecule has 1 saturated carbocycles. The Morgan fingerprint density at radius 3 is 2.58 bits per heavy atom. The SMILES string of the molecule is COc1ccc(Nc2ncc(C(N)=O)c(NC3CCC(N)CC3)n2)cn1. The third kappa shape index (κ3) is 4.37. The molecule has 1 aliphatic carbocycles. The van der Waals surface area contributed by atoms with E-state index in [1.807, 2.05) is 0 Å². The van der Waals surface area contributed by atoms with Gasteiger partial charge in [0, 0.05) is 24.3 Å². The van der Waals surface area contributed by atoms with E-state index in [4.69, 9.17) is 16.2 Å². The van der Waals surface area contributed by atoms with Crippen molar-refractivity contribution in [2.75, 3.05) is 17.7 Å². The van der Waals surface area contributed by atoms with E-state index in [1.165, 1.54) is 6.20 Å². The lowest BCUT2D eigenvalue weighted by molar-refractivity contribution is 0.100. The summed E-state index contributed by atoms with van der Waals surface area (Å²) in [5.41, 5.74) is 12.4. The Kier molecular flexibility index (Phi) is 5.47. The Labute approximate surface area is 151 Å². The van der Waals surface area contributed by atoms with Gasteiger partial charge in [0.1, 0.15) is 5.82 Å². The summed E-state index contributed by atoms with van der Waals surface area (Å²) >= 11 is 0. The molecular weight excluding hydrogens is 334 g/mol. The van der Waals surface area contributed by atoms with Gasteiger partial charge in [-0.3, -0.25) is 4.79 Å². The van der Waals surface area contributed by atoms with Crippen molar-refractivity contribution in [3.05, 3.63) is 30.1 Å². The number of carbonyl (C=O) groups excluding carboxylic acids is 1. The number of methoxy groups -OCH3 is 1. The topological polar surface area (TPSA) is 141 Å². The van der Waals surface area contributed by atoms with Crippen molar-refractivity contribution in [2.45, 2.75) is 37.8 Å². The molecule has 0 aromatic carbocycles. The number of ether oxygens (including phenoxy) is 1. The third-order valence-electron chi connectivity index (χ3n) is 4.37. The van der Waals surface area contributed by atoms with Gasteiger partial charge in [0.25, 0.3) is 5.91 Å². The van der Waals surface area contributed by atoms with Gasteiger partial charge in [-0.15, -0.1) is 0 Å². The Bertz CT molecular complexity index is 758. The molecule has 0 aliphatic heterocycles. The maximum absolute atomic E-state index is 11.7. The lowest BCUT2D eigenvalue weighted by Gasteiger charge is -2.27. The van der Waals surface area contributed by atoms with Crippen molar-refractivity contribution in [1.29, 1.82) is 0 Å². The van der Waals surface area contributed by atoms with Crippen LogP contribution in [0.4, 0.5) is 17.5 Å². The monoisotopic (exact) mass is 357 g/mol. The van der Waals surface area contributed by atoms with E-state index < -0.39 is 5.91 Å². The molecule has 1 aliphatic rings. The van der Waals surface area contributed by atoms with Crippen molar-refractivity contribution >= 4 is 23.4 Å². The van der Waals surface area contributed by atoms with Crippen LogP contribution in [-0.2, 0) is 0 Å². The Morgan fingerprint density at radius 2 is 1.96 bits per heavy atom. The predicted molar refractivity (Wildman–Crippen MR) is 98.5 cm³/mol. The highest BCUT2D eigenvalue weighted by Crippen LogP contribution is 2.23. The largest absolute Gasteiger partial charge is 0.481 e. The molecule has 6 N–H and O–H groups in total. The molecule has 2 aromatic rings. The number of anilines is 3. The highest BCUT2D eigenvalue weighted by molar-refractivity contribution is 5.97. The first kappa shape index (κ1) is 17.9. The van der Waals surface area contributed by atoms with E-state index in [0.717, 1.165) is 25.7 Å². The van der Waals surface area contributed by atoms with E-state index >= 15 is 0 Å². The fraction of sp³-hybridized carbons (Fsp3) is 0.412. The van der Waals surface area contributed by atoms with Crippen molar-refractivity contribution in [3.63, 3.8) is 0 Å². The molecule has 1 amide bonds. The number of amides is 1. The molecular formula is C17H23N7O2. The zero-order chi connectivity index (χ0) is 18.5. The first-order valence-corrected chi connectivity index (χ1v) is 8.51. The number of nitrogens with two attached hydrogens (primary N) is 2. The number of hydrogen-bond donors (Lipinski definition) is 4. The molecule has 26 heavy (non-hydrogen) atoms. The molecule has 0 spiro atoms. The smallest absolute Gasteiger partial charge is 0.254 e. The first-order chi connectivity index (χ1) is 12.5. The summed E-state index contributed by atoms with van der Waals surface area (Å²) in [6.45, 7) is 0. The number of hydrogen-bond acceptors (Lipinski definition) is 8. The first-order valence-electron chi connectivity index (χ1n) is 8.51. The fourth-order valence-corrected chi connectivity index (χ4v) is 2.89. The van der Waals surface area contributed by atoms with Crippen LogP contribution in [0.1, 0.15) is 36.0 Å². The summed E-state index contributed by atoms with van der Waals surface area (Å²) in [5.74, 6) is 0.713. The van der Waals surface area contributed by atoms with E-state index in [-0.39, 0.29) is 17.6 Å². The Hall–Kier alpha value is -2.94. The number of primary amides is 1. The van der Waals surface area contributed by atoms with E-state index in [9.17, 15) is 4.79 Å². The average molecular weight is 357 g/mol. The van der Waals surface area contributed by atoms with Crippen LogP contribution in [-0.4, -0.2) is 40.1 Å². The molecule has 3 rings (SSSR count). The van der Waals surface area contributed by atoms with E-state index in [2.05, 4.69) is 25.6 Å². The molecule has 0 unspecified atom stereocenters. The minimum atomic E-state index is -0.572. The van der Waals surface area contributed by atoms with Gasteiger partial charge in [-0.25, -0.2) is 9.97 Å². The number of nitrogens with zero attached hydrogens (tertiary/aromatic N) is 3. The molecule has 9 heteroatoms. The van der Waals surface area contributed by atoms with Crippen molar-refractivity contribution in [1.82, 2.24) is 15.0 Å². The molecule has 0 bridgehead atoms. The summed E-state index contributed by atoms with van der Waals surface area (Å²) in [6, 6.07) is 3.98. The molecule has 0 saturated heterocycles. The molecule has 9 nitrogen and oxygen atoms in total. The van der Waals surface area contributed by atoms with Crippen molar-refractivity contribution in [2.24, 2.45) is 11.5 Å². The van der Waals surface area contributed by atoms with Crippen LogP contribution in [0.2, 0.25) is 0 Å². The zero-order valence-corrected chi connectivity index (χ0v) is 14.6. The normalized spacial score (nSPS) is 19.6. The van der Waals surface area contributed by atoms with Gasteiger partial charge in [-0.1, -0.05) is 0 Å². The van der Waals surface area contributed by atoms with Gasteiger partial charge in [-0.05, 0) is 31.7 Å². The van der Waals surface area contributed by atoms with Crippen LogP contribution in [0.15, 0.2) is 24.5 Å². The van der Waals surface area contributed by atoms with E-state index in [1.54, 1.807) is 25.4 Å². The molecule has 0 radical (unpaired) electrons. The predicted octanol–water partition coefficient (Wildman–Crippen LogP) is 1.40. The van der Waals surface area contributed by atoms with Crippen LogP contribution >= 0.6 is 0 Å². The van der Waals surface area contributed by atoms with Crippen LogP contribution < -0.4 is 26.8 Å². The fourth-order valence-electron chi connectivity index (χ4n) is 2.89. The lowest BCUT2D eigenvalue weighted by atomic mass is 9.92. The Morgan fingerprint density at radius 1 is 1.19 bits per heavy atom. The average Bonchev–Trinajstić information content (AvgIpc) is 2.64. The maximum atomic E-state index is 11.7. The molecule has 2 aromatic heterocycles. The molecule has 2 heterocycles. The van der Waals surface area contributed by atoms with Crippen LogP contribution in [0.3, 0.4) is 0 Å². The summed E-state index contributed by atoms with van der Waals surface area (Å²) in [4.78, 5) is 24.4.